The summed E-state index contributed by atoms with van der Waals surface area (Å²) in [4.78, 5) is 29.3. The van der Waals surface area contributed by atoms with Gasteiger partial charge in [0.15, 0.2) is 16.3 Å². The zero-order chi connectivity index (χ0) is 19.7. The Balaban J connectivity index is 1.78. The van der Waals surface area contributed by atoms with Crippen LogP contribution in [0.15, 0.2) is 41.4 Å². The predicted octanol–water partition coefficient (Wildman–Crippen LogP) is 2.70. The summed E-state index contributed by atoms with van der Waals surface area (Å²) < 4.78 is 18.4. The molecule has 3 aromatic rings. The normalized spacial score (nSPS) is 13.6. The van der Waals surface area contributed by atoms with Gasteiger partial charge < -0.3 is 18.8 Å². The summed E-state index contributed by atoms with van der Waals surface area (Å²) in [7, 11) is 1.33. The maximum atomic E-state index is 12.8. The van der Waals surface area contributed by atoms with E-state index in [1.54, 1.807) is 22.8 Å². The molecule has 2 heterocycles. The van der Waals surface area contributed by atoms with E-state index in [9.17, 15) is 9.59 Å². The Morgan fingerprint density at radius 1 is 1.14 bits per heavy atom. The monoisotopic (exact) mass is 398 g/mol. The van der Waals surface area contributed by atoms with E-state index >= 15 is 0 Å². The number of carbonyl (C=O) groups is 2. The number of aromatic nitrogens is 1. The first-order chi connectivity index (χ1) is 13.5. The molecule has 0 radical (unpaired) electrons. The van der Waals surface area contributed by atoms with Crippen LogP contribution in [0.4, 0.5) is 0 Å². The fourth-order valence-corrected chi connectivity index (χ4v) is 4.07. The lowest BCUT2D eigenvalue weighted by atomic mass is 10.2. The molecule has 0 spiro atoms. The van der Waals surface area contributed by atoms with Crippen molar-refractivity contribution in [1.29, 1.82) is 0 Å². The number of methoxy groups -OCH3 is 1. The number of hydrogen-bond acceptors (Lipinski definition) is 6. The highest BCUT2D eigenvalue weighted by atomic mass is 32.1. The number of fused-ring (bicyclic) bond motifs is 2. The van der Waals surface area contributed by atoms with Crippen LogP contribution in [0.5, 0.6) is 11.5 Å². The minimum Gasteiger partial charge on any atom is -0.486 e. The summed E-state index contributed by atoms with van der Waals surface area (Å²) in [6.45, 7) is 2.89. The van der Waals surface area contributed by atoms with Crippen molar-refractivity contribution in [3.05, 3.63) is 52.3 Å². The van der Waals surface area contributed by atoms with Crippen LogP contribution in [0.3, 0.4) is 0 Å². The molecule has 0 bridgehead atoms. The Morgan fingerprint density at radius 3 is 2.71 bits per heavy atom. The largest absolute Gasteiger partial charge is 0.486 e. The second-order valence-electron chi connectivity index (χ2n) is 6.29. The highest BCUT2D eigenvalue weighted by Gasteiger charge is 2.16. The molecule has 1 amide bonds. The van der Waals surface area contributed by atoms with Crippen LogP contribution in [-0.4, -0.2) is 36.8 Å². The Bertz CT molecular complexity index is 1150. The highest BCUT2D eigenvalue weighted by Crippen LogP contribution is 2.31. The molecule has 8 heteroatoms. The summed E-state index contributed by atoms with van der Waals surface area (Å²) in [6, 6.07) is 10.9. The molecule has 2 aromatic carbocycles. The zero-order valence-corrected chi connectivity index (χ0v) is 16.2. The summed E-state index contributed by atoms with van der Waals surface area (Å²) in [5.74, 6) is 0.315. The third kappa shape index (κ3) is 3.50. The van der Waals surface area contributed by atoms with Crippen molar-refractivity contribution < 1.29 is 23.8 Å². The molecule has 0 saturated heterocycles. The van der Waals surface area contributed by atoms with E-state index in [0.717, 1.165) is 15.8 Å². The van der Waals surface area contributed by atoms with Crippen molar-refractivity contribution >= 4 is 33.4 Å². The number of rotatable bonds is 3. The van der Waals surface area contributed by atoms with Crippen molar-refractivity contribution in [1.82, 2.24) is 4.57 Å². The minimum atomic E-state index is -0.418. The van der Waals surface area contributed by atoms with Gasteiger partial charge in [0.1, 0.15) is 19.8 Å². The van der Waals surface area contributed by atoms with Crippen molar-refractivity contribution in [2.75, 3.05) is 20.3 Å². The lowest BCUT2D eigenvalue weighted by Crippen LogP contribution is -2.22. The average Bonchev–Trinajstić information content (AvgIpc) is 3.03. The van der Waals surface area contributed by atoms with Crippen molar-refractivity contribution in [2.45, 2.75) is 13.5 Å². The van der Waals surface area contributed by atoms with Gasteiger partial charge in [0.25, 0.3) is 5.91 Å². The van der Waals surface area contributed by atoms with Crippen LogP contribution in [0.2, 0.25) is 0 Å². The van der Waals surface area contributed by atoms with Gasteiger partial charge in [0.05, 0.1) is 17.3 Å². The molecule has 0 saturated carbocycles. The number of amides is 1. The SMILES string of the molecule is COC(=O)Cn1c(=NC(=O)c2ccc3c(c2)OCCO3)sc2cc(C)ccc21. The first-order valence-corrected chi connectivity index (χ1v) is 9.52. The number of hydrogen-bond donors (Lipinski definition) is 0. The van der Waals surface area contributed by atoms with Gasteiger partial charge in [-0.2, -0.15) is 4.99 Å². The molecular weight excluding hydrogens is 380 g/mol. The summed E-state index contributed by atoms with van der Waals surface area (Å²) in [6.07, 6.45) is 0. The van der Waals surface area contributed by atoms with Crippen molar-refractivity contribution in [2.24, 2.45) is 4.99 Å². The van der Waals surface area contributed by atoms with Crippen molar-refractivity contribution in [3.63, 3.8) is 0 Å². The Hall–Kier alpha value is -3.13. The fraction of sp³-hybridized carbons (Fsp3) is 0.250. The molecule has 1 aromatic heterocycles. The molecule has 4 rings (SSSR count). The van der Waals surface area contributed by atoms with Crippen LogP contribution in [0.25, 0.3) is 10.2 Å². The highest BCUT2D eigenvalue weighted by molar-refractivity contribution is 7.16. The van der Waals surface area contributed by atoms with Gasteiger partial charge in [-0.25, -0.2) is 0 Å². The van der Waals surface area contributed by atoms with Crippen LogP contribution in [0, 0.1) is 6.92 Å². The third-order valence-electron chi connectivity index (χ3n) is 4.34. The van der Waals surface area contributed by atoms with Gasteiger partial charge in [0, 0.05) is 5.56 Å². The third-order valence-corrected chi connectivity index (χ3v) is 5.38. The first-order valence-electron chi connectivity index (χ1n) is 8.70. The Kier molecular flexibility index (Phi) is 4.87. The van der Waals surface area contributed by atoms with E-state index in [1.165, 1.54) is 18.4 Å². The quantitative estimate of drug-likeness (QED) is 0.634. The topological polar surface area (TPSA) is 79.1 Å². The van der Waals surface area contributed by atoms with Gasteiger partial charge in [-0.05, 0) is 42.8 Å². The molecule has 1 aliphatic rings. The van der Waals surface area contributed by atoms with Gasteiger partial charge in [-0.3, -0.25) is 9.59 Å². The van der Waals surface area contributed by atoms with E-state index in [4.69, 9.17) is 14.2 Å². The number of benzene rings is 2. The second-order valence-corrected chi connectivity index (χ2v) is 7.30. The summed E-state index contributed by atoms with van der Waals surface area (Å²) >= 11 is 1.35. The lowest BCUT2D eigenvalue weighted by Gasteiger charge is -2.18. The van der Waals surface area contributed by atoms with Gasteiger partial charge in [-0.1, -0.05) is 17.4 Å². The van der Waals surface area contributed by atoms with Gasteiger partial charge >= 0.3 is 5.97 Å². The average molecular weight is 398 g/mol. The summed E-state index contributed by atoms with van der Waals surface area (Å²) in [5, 5.41) is 0. The first kappa shape index (κ1) is 18.2. The van der Waals surface area contributed by atoms with Crippen LogP contribution < -0.4 is 14.3 Å². The standard InChI is InChI=1S/C20H18N2O5S/c1-12-3-5-14-17(9-12)28-20(22(14)11-18(23)25-2)21-19(24)13-4-6-15-16(10-13)27-8-7-26-15/h3-6,9-10H,7-8,11H2,1-2H3. The van der Waals surface area contributed by atoms with Gasteiger partial charge in [-0.15, -0.1) is 0 Å². The van der Waals surface area contributed by atoms with Gasteiger partial charge in [0.2, 0.25) is 0 Å². The maximum absolute atomic E-state index is 12.8. The van der Waals surface area contributed by atoms with Crippen LogP contribution in [-0.2, 0) is 16.1 Å². The van der Waals surface area contributed by atoms with Crippen molar-refractivity contribution in [3.8, 4) is 11.5 Å². The number of nitrogens with zero attached hydrogens (tertiary/aromatic N) is 2. The molecule has 0 aliphatic carbocycles. The number of ether oxygens (including phenoxy) is 3. The van der Waals surface area contributed by atoms with E-state index in [-0.39, 0.29) is 6.54 Å². The number of esters is 1. The molecule has 0 atom stereocenters. The zero-order valence-electron chi connectivity index (χ0n) is 15.4. The Morgan fingerprint density at radius 2 is 1.93 bits per heavy atom. The molecule has 1 aliphatic heterocycles. The second kappa shape index (κ2) is 7.47. The van der Waals surface area contributed by atoms with E-state index in [0.29, 0.717) is 35.1 Å². The minimum absolute atomic E-state index is 0.0210. The molecular formula is C20H18N2O5S. The molecule has 7 nitrogen and oxygen atoms in total. The lowest BCUT2D eigenvalue weighted by molar-refractivity contribution is -0.141. The predicted molar refractivity (Wildman–Crippen MR) is 104 cm³/mol. The number of thiazole rings is 1. The molecule has 0 fully saturated rings. The van der Waals surface area contributed by atoms with E-state index in [1.807, 2.05) is 25.1 Å². The number of aryl methyl sites for hydroxylation is 1. The molecule has 0 N–H and O–H groups in total. The van der Waals surface area contributed by atoms with Crippen LogP contribution in [0.1, 0.15) is 15.9 Å². The smallest absolute Gasteiger partial charge is 0.325 e. The van der Waals surface area contributed by atoms with Crippen LogP contribution >= 0.6 is 11.3 Å². The number of carbonyl (C=O) groups excluding carboxylic acids is 2. The molecule has 0 unspecified atom stereocenters. The summed E-state index contributed by atoms with van der Waals surface area (Å²) in [5.41, 5.74) is 2.31. The fourth-order valence-electron chi connectivity index (χ4n) is 2.94. The van der Waals surface area contributed by atoms with E-state index in [2.05, 4.69) is 4.99 Å². The van der Waals surface area contributed by atoms with E-state index < -0.39 is 11.9 Å². The maximum Gasteiger partial charge on any atom is 0.325 e. The molecule has 144 valence electrons. The Labute approximate surface area is 164 Å². The molecule has 28 heavy (non-hydrogen) atoms.